The predicted octanol–water partition coefficient (Wildman–Crippen LogP) is 0.584. The van der Waals surface area contributed by atoms with Crippen LogP contribution in [0.2, 0.25) is 0 Å². The second-order valence-electron chi connectivity index (χ2n) is 4.08. The largest absolute Gasteiger partial charge is 0.370 e. The molecule has 1 aromatic carbocycles. The molecule has 0 saturated heterocycles. The number of imidazole rings is 1. The molecule has 0 atom stereocenters. The molecule has 7 nitrogen and oxygen atoms in total. The Balaban J connectivity index is 2.46. The van der Waals surface area contributed by atoms with E-state index >= 15 is 0 Å². The second-order valence-corrected chi connectivity index (χ2v) is 4.08. The Labute approximate surface area is 110 Å². The number of benzene rings is 1. The Bertz CT molecular complexity index is 662. The number of aliphatic imine (C=N–C) groups is 2. The van der Waals surface area contributed by atoms with Gasteiger partial charge < -0.3 is 21.8 Å². The molecule has 0 amide bonds. The SMILES string of the molecule is CCn1c(C)nc2cc(N=C(N)N=C(N)N)ccc21. The van der Waals surface area contributed by atoms with E-state index in [4.69, 9.17) is 17.2 Å². The maximum absolute atomic E-state index is 5.59. The van der Waals surface area contributed by atoms with Crippen LogP contribution in [0.25, 0.3) is 11.0 Å². The van der Waals surface area contributed by atoms with Crippen LogP contribution >= 0.6 is 0 Å². The quantitative estimate of drug-likeness (QED) is 0.539. The van der Waals surface area contributed by atoms with Gasteiger partial charge in [0.05, 0.1) is 16.7 Å². The number of aryl methyl sites for hydroxylation is 2. The van der Waals surface area contributed by atoms with Gasteiger partial charge in [0, 0.05) is 6.54 Å². The lowest BCUT2D eigenvalue weighted by molar-refractivity contribution is 0.753. The first-order chi connectivity index (χ1) is 9.01. The Morgan fingerprint density at radius 2 is 2.05 bits per heavy atom. The third kappa shape index (κ3) is 2.65. The lowest BCUT2D eigenvalue weighted by atomic mass is 10.3. The molecule has 100 valence electrons. The number of aromatic nitrogens is 2. The fourth-order valence-corrected chi connectivity index (χ4v) is 2.00. The van der Waals surface area contributed by atoms with Crippen molar-refractivity contribution in [2.24, 2.45) is 27.2 Å². The minimum Gasteiger partial charge on any atom is -0.370 e. The summed E-state index contributed by atoms with van der Waals surface area (Å²) in [6.45, 7) is 4.93. The zero-order valence-corrected chi connectivity index (χ0v) is 11.0. The highest BCUT2D eigenvalue weighted by atomic mass is 15.1. The van der Waals surface area contributed by atoms with Crippen molar-refractivity contribution in [1.82, 2.24) is 9.55 Å². The summed E-state index contributed by atoms with van der Waals surface area (Å²) in [5, 5.41) is 0. The van der Waals surface area contributed by atoms with Crippen LogP contribution in [-0.2, 0) is 6.54 Å². The van der Waals surface area contributed by atoms with E-state index in [1.54, 1.807) is 0 Å². The molecule has 0 bridgehead atoms. The van der Waals surface area contributed by atoms with Crippen LogP contribution in [0.5, 0.6) is 0 Å². The molecule has 2 rings (SSSR count). The molecule has 0 aliphatic heterocycles. The van der Waals surface area contributed by atoms with Crippen LogP contribution in [0.3, 0.4) is 0 Å². The monoisotopic (exact) mass is 259 g/mol. The number of hydrogen-bond acceptors (Lipinski definition) is 2. The molecule has 19 heavy (non-hydrogen) atoms. The van der Waals surface area contributed by atoms with Gasteiger partial charge in [0.25, 0.3) is 0 Å². The summed E-state index contributed by atoms with van der Waals surface area (Å²) in [6, 6.07) is 5.66. The molecule has 0 fully saturated rings. The van der Waals surface area contributed by atoms with Gasteiger partial charge in [-0.3, -0.25) is 0 Å². The highest BCUT2D eigenvalue weighted by Gasteiger charge is 2.06. The molecule has 0 radical (unpaired) electrons. The topological polar surface area (TPSA) is 121 Å². The lowest BCUT2D eigenvalue weighted by Gasteiger charge is -2.01. The number of rotatable bonds is 2. The van der Waals surface area contributed by atoms with E-state index in [0.717, 1.165) is 23.4 Å². The first kappa shape index (κ1) is 12.9. The summed E-state index contributed by atoms with van der Waals surface area (Å²) in [5.74, 6) is 0.871. The highest BCUT2D eigenvalue weighted by molar-refractivity contribution is 5.94. The number of hydrogen-bond donors (Lipinski definition) is 3. The van der Waals surface area contributed by atoms with Gasteiger partial charge in [-0.15, -0.1) is 0 Å². The van der Waals surface area contributed by atoms with Gasteiger partial charge in [-0.05, 0) is 32.0 Å². The third-order valence-corrected chi connectivity index (χ3v) is 2.73. The molecule has 1 heterocycles. The summed E-state index contributed by atoms with van der Waals surface area (Å²) in [5.41, 5.74) is 18.7. The molecule has 0 spiro atoms. The molecule has 1 aromatic heterocycles. The normalized spacial score (nSPS) is 11.8. The molecular weight excluding hydrogens is 242 g/mol. The standard InChI is InChI=1S/C12H17N7/c1-3-19-7(2)16-9-6-8(4-5-10(9)19)17-12(15)18-11(13)14/h4-6H,3H2,1-2H3,(H6,13,14,15,17,18). The van der Waals surface area contributed by atoms with Crippen molar-refractivity contribution in [3.8, 4) is 0 Å². The van der Waals surface area contributed by atoms with E-state index in [1.165, 1.54) is 0 Å². The Morgan fingerprint density at radius 1 is 1.32 bits per heavy atom. The van der Waals surface area contributed by atoms with Crippen molar-refractivity contribution in [2.45, 2.75) is 20.4 Å². The minimum absolute atomic E-state index is 0.0194. The van der Waals surface area contributed by atoms with Crippen molar-refractivity contribution in [3.63, 3.8) is 0 Å². The molecule has 0 saturated carbocycles. The second kappa shape index (κ2) is 4.97. The van der Waals surface area contributed by atoms with Crippen molar-refractivity contribution < 1.29 is 0 Å². The van der Waals surface area contributed by atoms with E-state index in [1.807, 2.05) is 25.1 Å². The van der Waals surface area contributed by atoms with Gasteiger partial charge in [-0.25, -0.2) is 9.98 Å². The van der Waals surface area contributed by atoms with Crippen LogP contribution in [-0.4, -0.2) is 21.5 Å². The molecule has 0 aliphatic rings. The average molecular weight is 259 g/mol. The zero-order valence-electron chi connectivity index (χ0n) is 11.0. The van der Waals surface area contributed by atoms with E-state index in [9.17, 15) is 0 Å². The minimum atomic E-state index is -0.117. The average Bonchev–Trinajstić information content (AvgIpc) is 2.62. The smallest absolute Gasteiger partial charge is 0.223 e. The van der Waals surface area contributed by atoms with Gasteiger partial charge in [0.1, 0.15) is 5.82 Å². The predicted molar refractivity (Wildman–Crippen MR) is 77.2 cm³/mol. The van der Waals surface area contributed by atoms with E-state index < -0.39 is 0 Å². The summed E-state index contributed by atoms with van der Waals surface area (Å²) in [6.07, 6.45) is 0. The summed E-state index contributed by atoms with van der Waals surface area (Å²) in [7, 11) is 0. The fourth-order valence-electron chi connectivity index (χ4n) is 2.00. The summed E-state index contributed by atoms with van der Waals surface area (Å²) >= 11 is 0. The van der Waals surface area contributed by atoms with Crippen LogP contribution in [0.1, 0.15) is 12.7 Å². The molecule has 0 unspecified atom stereocenters. The van der Waals surface area contributed by atoms with Gasteiger partial charge >= 0.3 is 0 Å². The number of guanidine groups is 2. The van der Waals surface area contributed by atoms with Gasteiger partial charge in [0.15, 0.2) is 5.96 Å². The fraction of sp³-hybridized carbons (Fsp3) is 0.250. The van der Waals surface area contributed by atoms with E-state index in [0.29, 0.717) is 5.69 Å². The van der Waals surface area contributed by atoms with E-state index in [-0.39, 0.29) is 11.9 Å². The molecule has 6 N–H and O–H groups in total. The zero-order chi connectivity index (χ0) is 14.0. The Hall–Kier alpha value is -2.57. The Morgan fingerprint density at radius 3 is 2.68 bits per heavy atom. The number of nitrogens with two attached hydrogens (primary N) is 3. The number of nitrogens with zero attached hydrogens (tertiary/aromatic N) is 4. The first-order valence-electron chi connectivity index (χ1n) is 5.92. The summed E-state index contributed by atoms with van der Waals surface area (Å²) < 4.78 is 2.13. The molecule has 0 aliphatic carbocycles. The maximum Gasteiger partial charge on any atom is 0.223 e. The van der Waals surface area contributed by atoms with Gasteiger partial charge in [-0.2, -0.15) is 4.99 Å². The van der Waals surface area contributed by atoms with Crippen LogP contribution in [0, 0.1) is 6.92 Å². The van der Waals surface area contributed by atoms with Gasteiger partial charge in [0.2, 0.25) is 5.96 Å². The molecular formula is C12H17N7. The highest BCUT2D eigenvalue weighted by Crippen LogP contribution is 2.22. The van der Waals surface area contributed by atoms with Crippen molar-refractivity contribution >= 4 is 28.6 Å². The molecule has 2 aromatic rings. The molecule has 7 heteroatoms. The van der Waals surface area contributed by atoms with E-state index in [2.05, 4.69) is 26.5 Å². The van der Waals surface area contributed by atoms with Crippen LogP contribution < -0.4 is 17.2 Å². The first-order valence-corrected chi connectivity index (χ1v) is 5.92. The Kier molecular flexibility index (Phi) is 3.37. The van der Waals surface area contributed by atoms with Crippen molar-refractivity contribution in [2.75, 3.05) is 0 Å². The summed E-state index contributed by atoms with van der Waals surface area (Å²) in [4.78, 5) is 12.3. The third-order valence-electron chi connectivity index (χ3n) is 2.73. The van der Waals surface area contributed by atoms with Crippen LogP contribution in [0.15, 0.2) is 28.2 Å². The van der Waals surface area contributed by atoms with Crippen LogP contribution in [0.4, 0.5) is 5.69 Å². The lowest BCUT2D eigenvalue weighted by Crippen LogP contribution is -2.26. The van der Waals surface area contributed by atoms with Crippen molar-refractivity contribution in [1.29, 1.82) is 0 Å². The number of fused-ring (bicyclic) bond motifs is 1. The van der Waals surface area contributed by atoms with Gasteiger partial charge in [-0.1, -0.05) is 0 Å². The van der Waals surface area contributed by atoms with Crippen molar-refractivity contribution in [3.05, 3.63) is 24.0 Å². The maximum atomic E-state index is 5.59.